The highest BCUT2D eigenvalue weighted by atomic mass is 35.5. The van der Waals surface area contributed by atoms with E-state index in [0.717, 1.165) is 24.8 Å². The van der Waals surface area contributed by atoms with E-state index in [4.69, 9.17) is 5.73 Å². The summed E-state index contributed by atoms with van der Waals surface area (Å²) in [6, 6.07) is 7.77. The maximum atomic E-state index is 11.8. The van der Waals surface area contributed by atoms with E-state index in [1.54, 1.807) is 6.07 Å². The summed E-state index contributed by atoms with van der Waals surface area (Å²) in [5, 5.41) is 5.58. The molecule has 116 valence electrons. The van der Waals surface area contributed by atoms with Gasteiger partial charge in [0.25, 0.3) is 0 Å². The summed E-state index contributed by atoms with van der Waals surface area (Å²) < 4.78 is 0. The monoisotopic (exact) mass is 311 g/mol. The number of rotatable bonds is 4. The minimum atomic E-state index is -0.296. The molecule has 1 aromatic carbocycles. The van der Waals surface area contributed by atoms with Gasteiger partial charge in [0, 0.05) is 17.8 Å². The zero-order chi connectivity index (χ0) is 14.5. The van der Waals surface area contributed by atoms with Crippen molar-refractivity contribution >= 4 is 29.9 Å². The summed E-state index contributed by atoms with van der Waals surface area (Å²) in [4.78, 5) is 23.5. The number of nitrogens with two attached hydrogens (primary N) is 1. The molecule has 0 bridgehead atoms. The number of carbonyl (C=O) groups excluding carboxylic acids is 2. The third kappa shape index (κ3) is 5.73. The van der Waals surface area contributed by atoms with E-state index in [-0.39, 0.29) is 42.7 Å². The van der Waals surface area contributed by atoms with Gasteiger partial charge in [-0.1, -0.05) is 12.1 Å². The van der Waals surface area contributed by atoms with E-state index in [9.17, 15) is 9.59 Å². The average Bonchev–Trinajstić information content (AvgIpc) is 2.74. The Morgan fingerprint density at radius 1 is 1.29 bits per heavy atom. The van der Waals surface area contributed by atoms with Gasteiger partial charge in [0.1, 0.15) is 6.42 Å². The fraction of sp³-hybridized carbons (Fsp3) is 0.467. The molecule has 1 saturated carbocycles. The SMILES string of the molecule is Cc1cccc(NC(=O)CC(=O)N[C@@H]2CC[C@@H](N)C2)c1.Cl. The summed E-state index contributed by atoms with van der Waals surface area (Å²) >= 11 is 0. The standard InChI is InChI=1S/C15H21N3O2.ClH/c1-10-3-2-4-12(7-10)17-14(19)9-15(20)18-13-6-5-11(16)8-13;/h2-4,7,11,13H,5-6,8-9,16H2,1H3,(H,17,19)(H,18,20);1H/t11-,13-;/m1./s1. The zero-order valence-electron chi connectivity index (χ0n) is 12.1. The normalized spacial score (nSPS) is 20.5. The minimum Gasteiger partial charge on any atom is -0.353 e. The number of hydrogen-bond donors (Lipinski definition) is 3. The Morgan fingerprint density at radius 2 is 2.05 bits per heavy atom. The first-order valence-corrected chi connectivity index (χ1v) is 6.94. The third-order valence-electron chi connectivity index (χ3n) is 3.46. The van der Waals surface area contributed by atoms with Gasteiger partial charge in [0.15, 0.2) is 0 Å². The Labute approximate surface area is 131 Å². The molecule has 1 fully saturated rings. The van der Waals surface area contributed by atoms with Crippen molar-refractivity contribution in [2.45, 2.75) is 44.7 Å². The first kappa shape index (κ1) is 17.5. The molecule has 0 aromatic heterocycles. The highest BCUT2D eigenvalue weighted by Crippen LogP contribution is 2.17. The maximum Gasteiger partial charge on any atom is 0.233 e. The van der Waals surface area contributed by atoms with Crippen LogP contribution in [-0.2, 0) is 9.59 Å². The Hall–Kier alpha value is -1.59. The molecular formula is C15H22ClN3O2. The molecule has 0 saturated heterocycles. The number of anilines is 1. The molecule has 4 N–H and O–H groups in total. The van der Waals surface area contributed by atoms with E-state index in [1.165, 1.54) is 0 Å². The summed E-state index contributed by atoms with van der Waals surface area (Å²) in [7, 11) is 0. The lowest BCUT2D eigenvalue weighted by Gasteiger charge is -2.12. The summed E-state index contributed by atoms with van der Waals surface area (Å²) in [5.41, 5.74) is 7.56. The second-order valence-corrected chi connectivity index (χ2v) is 5.43. The molecule has 2 amide bonds. The van der Waals surface area contributed by atoms with Crippen LogP contribution in [0.1, 0.15) is 31.2 Å². The number of halogens is 1. The van der Waals surface area contributed by atoms with Crippen LogP contribution in [0.4, 0.5) is 5.69 Å². The van der Waals surface area contributed by atoms with Crippen molar-refractivity contribution in [3.05, 3.63) is 29.8 Å². The molecule has 0 spiro atoms. The highest BCUT2D eigenvalue weighted by molar-refractivity contribution is 6.03. The van der Waals surface area contributed by atoms with Crippen molar-refractivity contribution in [2.75, 3.05) is 5.32 Å². The Balaban J connectivity index is 0.00000220. The van der Waals surface area contributed by atoms with Gasteiger partial charge >= 0.3 is 0 Å². The predicted molar refractivity (Wildman–Crippen MR) is 85.4 cm³/mol. The smallest absolute Gasteiger partial charge is 0.233 e. The van der Waals surface area contributed by atoms with E-state index < -0.39 is 0 Å². The van der Waals surface area contributed by atoms with Crippen LogP contribution in [0.25, 0.3) is 0 Å². The molecule has 1 aromatic rings. The van der Waals surface area contributed by atoms with Gasteiger partial charge in [-0.3, -0.25) is 9.59 Å². The van der Waals surface area contributed by atoms with Gasteiger partial charge in [-0.2, -0.15) is 0 Å². The lowest BCUT2D eigenvalue weighted by atomic mass is 10.2. The van der Waals surface area contributed by atoms with Crippen LogP contribution in [0.2, 0.25) is 0 Å². The van der Waals surface area contributed by atoms with Crippen molar-refractivity contribution in [1.29, 1.82) is 0 Å². The molecule has 2 atom stereocenters. The number of carbonyl (C=O) groups is 2. The number of aryl methyl sites for hydroxylation is 1. The topological polar surface area (TPSA) is 84.2 Å². The Bertz CT molecular complexity index is 507. The van der Waals surface area contributed by atoms with Gasteiger partial charge in [-0.15, -0.1) is 12.4 Å². The van der Waals surface area contributed by atoms with Crippen LogP contribution in [0.15, 0.2) is 24.3 Å². The fourth-order valence-corrected chi connectivity index (χ4v) is 2.50. The summed E-state index contributed by atoms with van der Waals surface area (Å²) in [6.45, 7) is 1.95. The number of amides is 2. The number of benzene rings is 1. The molecule has 1 aliphatic rings. The summed E-state index contributed by atoms with van der Waals surface area (Å²) in [6.07, 6.45) is 2.47. The van der Waals surface area contributed by atoms with Crippen LogP contribution in [0, 0.1) is 6.92 Å². The van der Waals surface area contributed by atoms with Crippen molar-refractivity contribution in [3.63, 3.8) is 0 Å². The van der Waals surface area contributed by atoms with Crippen LogP contribution in [-0.4, -0.2) is 23.9 Å². The quantitative estimate of drug-likeness (QED) is 0.741. The molecule has 0 unspecified atom stereocenters. The fourth-order valence-electron chi connectivity index (χ4n) is 2.50. The zero-order valence-corrected chi connectivity index (χ0v) is 12.9. The van der Waals surface area contributed by atoms with Crippen molar-refractivity contribution in [1.82, 2.24) is 5.32 Å². The van der Waals surface area contributed by atoms with Gasteiger partial charge in [-0.05, 0) is 43.9 Å². The summed E-state index contributed by atoms with van der Waals surface area (Å²) in [5.74, 6) is -0.537. The lowest BCUT2D eigenvalue weighted by molar-refractivity contribution is -0.127. The number of hydrogen-bond acceptors (Lipinski definition) is 3. The molecule has 5 nitrogen and oxygen atoms in total. The number of nitrogens with one attached hydrogen (secondary N) is 2. The van der Waals surface area contributed by atoms with E-state index in [0.29, 0.717) is 5.69 Å². The predicted octanol–water partition coefficient (Wildman–Crippen LogP) is 1.74. The van der Waals surface area contributed by atoms with Crippen LogP contribution in [0.3, 0.4) is 0 Å². The van der Waals surface area contributed by atoms with Crippen molar-refractivity contribution in [2.24, 2.45) is 5.73 Å². The first-order valence-electron chi connectivity index (χ1n) is 6.94. The van der Waals surface area contributed by atoms with Gasteiger partial charge in [0.2, 0.25) is 11.8 Å². The van der Waals surface area contributed by atoms with Gasteiger partial charge < -0.3 is 16.4 Å². The molecule has 0 heterocycles. The Morgan fingerprint density at radius 3 is 2.67 bits per heavy atom. The first-order chi connectivity index (χ1) is 9.52. The Kier molecular flexibility index (Phi) is 6.65. The van der Waals surface area contributed by atoms with Crippen LogP contribution < -0.4 is 16.4 Å². The van der Waals surface area contributed by atoms with Crippen molar-refractivity contribution in [3.8, 4) is 0 Å². The molecule has 6 heteroatoms. The largest absolute Gasteiger partial charge is 0.353 e. The van der Waals surface area contributed by atoms with Crippen LogP contribution >= 0.6 is 12.4 Å². The third-order valence-corrected chi connectivity index (χ3v) is 3.46. The lowest BCUT2D eigenvalue weighted by Crippen LogP contribution is -2.36. The van der Waals surface area contributed by atoms with E-state index in [1.807, 2.05) is 25.1 Å². The average molecular weight is 312 g/mol. The molecule has 1 aliphatic carbocycles. The highest BCUT2D eigenvalue weighted by Gasteiger charge is 2.23. The van der Waals surface area contributed by atoms with E-state index in [2.05, 4.69) is 10.6 Å². The maximum absolute atomic E-state index is 11.8. The second kappa shape index (κ2) is 8.00. The minimum absolute atomic E-state index is 0. The molecular weight excluding hydrogens is 290 g/mol. The second-order valence-electron chi connectivity index (χ2n) is 5.43. The van der Waals surface area contributed by atoms with Gasteiger partial charge in [0.05, 0.1) is 0 Å². The molecule has 0 radical (unpaired) electrons. The van der Waals surface area contributed by atoms with Gasteiger partial charge in [-0.25, -0.2) is 0 Å². The van der Waals surface area contributed by atoms with E-state index >= 15 is 0 Å². The van der Waals surface area contributed by atoms with Crippen molar-refractivity contribution < 1.29 is 9.59 Å². The van der Waals surface area contributed by atoms with Crippen LogP contribution in [0.5, 0.6) is 0 Å². The molecule has 0 aliphatic heterocycles. The molecule has 21 heavy (non-hydrogen) atoms. The molecule has 2 rings (SSSR count).